The van der Waals surface area contributed by atoms with Crippen LogP contribution in [0.3, 0.4) is 0 Å². The van der Waals surface area contributed by atoms with Gasteiger partial charge in [0.1, 0.15) is 22.9 Å². The summed E-state index contributed by atoms with van der Waals surface area (Å²) in [5.41, 5.74) is 1.08. The summed E-state index contributed by atoms with van der Waals surface area (Å²) in [6.07, 6.45) is -1.24. The number of aliphatic hydroxyl groups excluding tert-OH is 1. The number of carbonyl (C=O) groups is 2. The van der Waals surface area contributed by atoms with Gasteiger partial charge >= 0.3 is 12.1 Å². The Balaban J connectivity index is 1.28. The van der Waals surface area contributed by atoms with E-state index in [2.05, 4.69) is 57.3 Å². The third kappa shape index (κ3) is 3.43. The Morgan fingerprint density at radius 1 is 1.05 bits per heavy atom. The van der Waals surface area contributed by atoms with Gasteiger partial charge in [0, 0.05) is 11.3 Å². The number of epoxide rings is 1. The Bertz CT molecular complexity index is 1350. The maximum atomic E-state index is 13.6. The molecule has 1 saturated heterocycles. The zero-order chi connectivity index (χ0) is 28.9. The molecule has 1 amide bonds. The second kappa shape index (κ2) is 8.56. The summed E-state index contributed by atoms with van der Waals surface area (Å²) in [4.78, 5) is 26.3. The Morgan fingerprint density at radius 2 is 1.70 bits per heavy atom. The molecular formula is C33H41NO6. The quantitative estimate of drug-likeness (QED) is 0.365. The van der Waals surface area contributed by atoms with E-state index in [9.17, 15) is 14.7 Å². The number of aliphatic hydroxyl groups is 1. The zero-order valence-corrected chi connectivity index (χ0v) is 24.5. The van der Waals surface area contributed by atoms with E-state index in [1.807, 2.05) is 6.07 Å². The van der Waals surface area contributed by atoms with Crippen molar-refractivity contribution in [3.63, 3.8) is 0 Å². The fourth-order valence-electron chi connectivity index (χ4n) is 8.69. The van der Waals surface area contributed by atoms with Crippen LogP contribution in [0, 0.1) is 16.7 Å². The van der Waals surface area contributed by atoms with Crippen LogP contribution in [0.25, 0.3) is 0 Å². The summed E-state index contributed by atoms with van der Waals surface area (Å²) in [5.74, 6) is -0.272. The Labute approximate surface area is 236 Å². The van der Waals surface area contributed by atoms with Crippen molar-refractivity contribution < 1.29 is 28.9 Å². The largest absolute Gasteiger partial charge is 0.460 e. The first-order valence-electron chi connectivity index (χ1n) is 14.4. The van der Waals surface area contributed by atoms with Crippen molar-refractivity contribution in [3.8, 4) is 0 Å². The number of alkyl carbamates (subject to hydrolysis) is 1. The number of benzene rings is 2. The molecule has 0 radical (unpaired) electrons. The fourth-order valence-corrected chi connectivity index (χ4v) is 8.69. The van der Waals surface area contributed by atoms with E-state index >= 15 is 0 Å². The average Bonchev–Trinajstić information content (AvgIpc) is 3.52. The number of hydrogen-bond donors (Lipinski definition) is 2. The van der Waals surface area contributed by atoms with Crippen molar-refractivity contribution in [1.29, 1.82) is 0 Å². The molecule has 2 bridgehead atoms. The predicted molar refractivity (Wildman–Crippen MR) is 149 cm³/mol. The lowest BCUT2D eigenvalue weighted by Crippen LogP contribution is -2.53. The first-order chi connectivity index (χ1) is 18.7. The standard InChI is InChI=1S/C33H41NO6/c1-19-18-32-31(7)24(17-23(30(31,5)6)33(32,40-32)22-16-12-11-15-21(19)22)38-27(36)26(35)25(20-13-9-8-10-14-20)34-28(37)39-29(2,3)4/h8-16,19,23-26,35H,17-18H2,1-7H3,(H,34,37)/t19-,23?,24?,25-,26+,31?,32-,33+/m0/s1. The maximum Gasteiger partial charge on any atom is 0.408 e. The molecule has 0 spiro atoms. The summed E-state index contributed by atoms with van der Waals surface area (Å²) >= 11 is 0. The van der Waals surface area contributed by atoms with Gasteiger partial charge in [-0.15, -0.1) is 0 Å². The minimum absolute atomic E-state index is 0.161. The molecule has 3 aliphatic carbocycles. The third-order valence-corrected chi connectivity index (χ3v) is 10.7. The third-order valence-electron chi connectivity index (χ3n) is 10.7. The van der Waals surface area contributed by atoms with Crippen LogP contribution in [0.5, 0.6) is 0 Å². The minimum Gasteiger partial charge on any atom is -0.460 e. The van der Waals surface area contributed by atoms with Crippen LogP contribution in [-0.4, -0.2) is 40.6 Å². The van der Waals surface area contributed by atoms with Gasteiger partial charge in [0.2, 0.25) is 0 Å². The second-order valence-corrected chi connectivity index (χ2v) is 14.0. The molecule has 2 aromatic rings. The molecule has 2 saturated carbocycles. The van der Waals surface area contributed by atoms with Crippen molar-refractivity contribution in [1.82, 2.24) is 5.32 Å². The van der Waals surface area contributed by atoms with Crippen LogP contribution >= 0.6 is 0 Å². The molecule has 1 aliphatic heterocycles. The maximum absolute atomic E-state index is 13.6. The number of nitrogens with one attached hydrogen (secondary N) is 1. The molecular weight excluding hydrogens is 506 g/mol. The van der Waals surface area contributed by atoms with Crippen LogP contribution < -0.4 is 5.32 Å². The summed E-state index contributed by atoms with van der Waals surface area (Å²) < 4.78 is 18.5. The lowest BCUT2D eigenvalue weighted by Gasteiger charge is -2.46. The predicted octanol–water partition coefficient (Wildman–Crippen LogP) is 5.76. The van der Waals surface area contributed by atoms with Crippen LogP contribution in [0.15, 0.2) is 54.6 Å². The van der Waals surface area contributed by atoms with Gasteiger partial charge in [-0.3, -0.25) is 0 Å². The molecule has 40 heavy (non-hydrogen) atoms. The summed E-state index contributed by atoms with van der Waals surface area (Å²) in [5, 5.41) is 14.0. The van der Waals surface area contributed by atoms with E-state index in [-0.39, 0.29) is 16.9 Å². The molecule has 3 unspecified atom stereocenters. The van der Waals surface area contributed by atoms with Gasteiger partial charge in [0.15, 0.2) is 6.10 Å². The van der Waals surface area contributed by atoms with E-state index in [1.165, 1.54) is 11.1 Å². The number of amides is 1. The number of esters is 1. The molecule has 214 valence electrons. The van der Waals surface area contributed by atoms with Crippen LogP contribution in [0.2, 0.25) is 0 Å². The minimum atomic E-state index is -1.62. The summed E-state index contributed by atoms with van der Waals surface area (Å²) in [7, 11) is 0. The molecule has 4 aliphatic rings. The van der Waals surface area contributed by atoms with Gasteiger partial charge in [-0.2, -0.15) is 0 Å². The summed E-state index contributed by atoms with van der Waals surface area (Å²) in [6.45, 7) is 14.3. The Morgan fingerprint density at radius 3 is 2.38 bits per heavy atom. The molecule has 3 fully saturated rings. The molecule has 6 rings (SSSR count). The van der Waals surface area contributed by atoms with E-state index in [0.29, 0.717) is 17.9 Å². The highest BCUT2D eigenvalue weighted by molar-refractivity contribution is 5.78. The summed E-state index contributed by atoms with van der Waals surface area (Å²) in [6, 6.07) is 16.5. The highest BCUT2D eigenvalue weighted by Crippen LogP contribution is 2.89. The first-order valence-corrected chi connectivity index (χ1v) is 14.4. The smallest absolute Gasteiger partial charge is 0.408 e. The molecule has 7 nitrogen and oxygen atoms in total. The van der Waals surface area contributed by atoms with Crippen LogP contribution in [-0.2, 0) is 24.6 Å². The second-order valence-electron chi connectivity index (χ2n) is 14.0. The molecule has 2 N–H and O–H groups in total. The number of carbonyl (C=O) groups excluding carboxylic acids is 2. The van der Waals surface area contributed by atoms with Gasteiger partial charge in [0.25, 0.3) is 0 Å². The van der Waals surface area contributed by atoms with Gasteiger partial charge in [-0.25, -0.2) is 9.59 Å². The SMILES string of the molecule is C[C@H]1C[C@@]23O[C@]2(c2ccccc21)C1CC(OC(=O)[C@H](O)[C@@H](NC(=O)OC(C)(C)C)c2ccccc2)C3(C)C1(C)C. The van der Waals surface area contributed by atoms with Gasteiger partial charge in [-0.05, 0) is 61.6 Å². The number of ether oxygens (including phenoxy) is 3. The number of rotatable bonds is 5. The molecule has 1 heterocycles. The van der Waals surface area contributed by atoms with Crippen LogP contribution in [0.4, 0.5) is 4.79 Å². The van der Waals surface area contributed by atoms with E-state index in [0.717, 1.165) is 6.42 Å². The molecule has 0 aromatic heterocycles. The average molecular weight is 548 g/mol. The number of hydrogen-bond acceptors (Lipinski definition) is 6. The Kier molecular flexibility index (Phi) is 5.83. The van der Waals surface area contributed by atoms with Crippen molar-refractivity contribution in [2.24, 2.45) is 16.7 Å². The zero-order valence-electron chi connectivity index (χ0n) is 24.5. The van der Waals surface area contributed by atoms with Crippen molar-refractivity contribution >= 4 is 12.1 Å². The van der Waals surface area contributed by atoms with Crippen molar-refractivity contribution in [3.05, 3.63) is 71.3 Å². The van der Waals surface area contributed by atoms with Crippen molar-refractivity contribution in [2.75, 3.05) is 0 Å². The topological polar surface area (TPSA) is 97.4 Å². The molecule has 2 aromatic carbocycles. The highest BCUT2D eigenvalue weighted by atomic mass is 16.6. The molecule has 7 heteroatoms. The lowest BCUT2D eigenvalue weighted by atomic mass is 9.58. The van der Waals surface area contributed by atoms with E-state index in [4.69, 9.17) is 14.2 Å². The first kappa shape index (κ1) is 27.3. The molecule has 8 atom stereocenters. The fraction of sp³-hybridized carbons (Fsp3) is 0.576. The monoisotopic (exact) mass is 547 g/mol. The Hall–Kier alpha value is -2.90. The normalized spacial score (nSPS) is 36.0. The van der Waals surface area contributed by atoms with E-state index < -0.39 is 46.9 Å². The van der Waals surface area contributed by atoms with Gasteiger partial charge in [-0.1, -0.05) is 82.3 Å². The number of fused-ring (bicyclic) bond motifs is 3. The van der Waals surface area contributed by atoms with Gasteiger partial charge in [0.05, 0.1) is 6.04 Å². The highest BCUT2D eigenvalue weighted by Gasteiger charge is 2.95. The lowest BCUT2D eigenvalue weighted by molar-refractivity contribution is -0.173. The van der Waals surface area contributed by atoms with Crippen molar-refractivity contribution in [2.45, 2.75) is 102 Å². The van der Waals surface area contributed by atoms with E-state index in [1.54, 1.807) is 45.0 Å². The van der Waals surface area contributed by atoms with Gasteiger partial charge < -0.3 is 24.6 Å². The van der Waals surface area contributed by atoms with Crippen LogP contribution in [0.1, 0.15) is 90.0 Å².